The van der Waals surface area contributed by atoms with Gasteiger partial charge in [0.2, 0.25) is 5.91 Å². The molecule has 3 atom stereocenters. The van der Waals surface area contributed by atoms with Crippen molar-refractivity contribution in [2.24, 2.45) is 11.3 Å². The molecule has 198 valence electrons. The van der Waals surface area contributed by atoms with Crippen LogP contribution in [0.5, 0.6) is 5.75 Å². The van der Waals surface area contributed by atoms with Crippen molar-refractivity contribution < 1.29 is 23.9 Å². The van der Waals surface area contributed by atoms with Gasteiger partial charge in [0.1, 0.15) is 23.3 Å². The first-order valence-electron chi connectivity index (χ1n) is 13.7. The lowest BCUT2D eigenvalue weighted by Gasteiger charge is -2.39. The number of carbonyl (C=O) groups is 4. The number of nitrogens with one attached hydrogen (secondary N) is 2. The summed E-state index contributed by atoms with van der Waals surface area (Å²) in [5.41, 5.74) is 1.33. The molecule has 1 aromatic heterocycles. The van der Waals surface area contributed by atoms with Crippen LogP contribution in [0.3, 0.4) is 0 Å². The Morgan fingerprint density at radius 3 is 2.73 bits per heavy atom. The van der Waals surface area contributed by atoms with Gasteiger partial charge in [-0.2, -0.15) is 0 Å². The van der Waals surface area contributed by atoms with Crippen molar-refractivity contribution >= 4 is 34.3 Å². The van der Waals surface area contributed by atoms with E-state index in [0.29, 0.717) is 43.7 Å². The Morgan fingerprint density at radius 2 is 2.03 bits per heavy atom. The monoisotopic (exact) mass is 507 g/mol. The number of hydrogen-bond acceptors (Lipinski definition) is 5. The summed E-state index contributed by atoms with van der Waals surface area (Å²) in [5, 5.41) is 3.80. The predicted octanol–water partition coefficient (Wildman–Crippen LogP) is 4.17. The van der Waals surface area contributed by atoms with Crippen LogP contribution in [0.25, 0.3) is 10.9 Å². The van der Waals surface area contributed by atoms with Gasteiger partial charge >= 0.3 is 0 Å². The van der Waals surface area contributed by atoms with Gasteiger partial charge in [-0.25, -0.2) is 0 Å². The summed E-state index contributed by atoms with van der Waals surface area (Å²) in [4.78, 5) is 57.6. The van der Waals surface area contributed by atoms with Crippen molar-refractivity contribution in [2.45, 2.75) is 83.2 Å². The number of aromatic nitrogens is 1. The van der Waals surface area contributed by atoms with E-state index in [9.17, 15) is 19.2 Å². The Hall–Kier alpha value is -3.16. The number of carbonyl (C=O) groups excluding carboxylic acids is 4. The second kappa shape index (κ2) is 10.3. The SMILES string of the molecule is CCC(=O)[C@H](CC1CCCCC1=O)NC(=O)[C@@H]1CC2(CCN1C(=O)c1cc3c(OC)cccc3[nH]1)CC2. The lowest BCUT2D eigenvalue weighted by atomic mass is 9.82. The molecule has 1 spiro atoms. The summed E-state index contributed by atoms with van der Waals surface area (Å²) >= 11 is 0. The van der Waals surface area contributed by atoms with Crippen LogP contribution >= 0.6 is 0 Å². The third-order valence-corrected chi connectivity index (χ3v) is 8.74. The third kappa shape index (κ3) is 5.15. The Balaban J connectivity index is 1.37. The van der Waals surface area contributed by atoms with Gasteiger partial charge in [0.05, 0.1) is 13.2 Å². The number of Topliss-reactive ketones (excluding diaryl/α,β-unsaturated/α-hetero) is 2. The van der Waals surface area contributed by atoms with Crippen LogP contribution in [0.15, 0.2) is 24.3 Å². The lowest BCUT2D eigenvalue weighted by molar-refractivity contribution is -0.133. The number of piperidine rings is 1. The second-order valence-electron chi connectivity index (χ2n) is 11.1. The molecule has 1 aliphatic heterocycles. The van der Waals surface area contributed by atoms with Crippen LogP contribution in [0.1, 0.15) is 81.6 Å². The number of rotatable bonds is 8. The van der Waals surface area contributed by atoms with E-state index in [1.807, 2.05) is 18.2 Å². The van der Waals surface area contributed by atoms with Crippen molar-refractivity contribution in [3.63, 3.8) is 0 Å². The number of likely N-dealkylation sites (tertiary alicyclic amines) is 1. The summed E-state index contributed by atoms with van der Waals surface area (Å²) in [7, 11) is 1.60. The highest BCUT2D eigenvalue weighted by Crippen LogP contribution is 2.55. The van der Waals surface area contributed by atoms with Crippen molar-refractivity contribution in [3.05, 3.63) is 30.0 Å². The van der Waals surface area contributed by atoms with Crippen molar-refractivity contribution in [1.82, 2.24) is 15.2 Å². The quantitative estimate of drug-likeness (QED) is 0.557. The minimum Gasteiger partial charge on any atom is -0.496 e. The fourth-order valence-electron chi connectivity index (χ4n) is 6.19. The number of aromatic amines is 1. The molecule has 8 heteroatoms. The third-order valence-electron chi connectivity index (χ3n) is 8.74. The number of amides is 2. The maximum Gasteiger partial charge on any atom is 0.270 e. The van der Waals surface area contributed by atoms with E-state index in [1.54, 1.807) is 25.0 Å². The number of nitrogens with zero attached hydrogens (tertiary/aromatic N) is 1. The van der Waals surface area contributed by atoms with Gasteiger partial charge in [0, 0.05) is 36.2 Å². The van der Waals surface area contributed by atoms with Crippen LogP contribution in [0.2, 0.25) is 0 Å². The summed E-state index contributed by atoms with van der Waals surface area (Å²) in [6, 6.07) is 6.04. The fourth-order valence-corrected chi connectivity index (χ4v) is 6.19. The first kappa shape index (κ1) is 25.5. The zero-order valence-corrected chi connectivity index (χ0v) is 21.8. The van der Waals surface area contributed by atoms with E-state index in [4.69, 9.17) is 4.74 Å². The molecule has 1 saturated heterocycles. The average Bonchev–Trinajstić information content (AvgIpc) is 3.51. The molecule has 2 N–H and O–H groups in total. The largest absolute Gasteiger partial charge is 0.496 e. The first-order valence-corrected chi connectivity index (χ1v) is 13.7. The van der Waals surface area contributed by atoms with Gasteiger partial charge in [-0.3, -0.25) is 19.2 Å². The zero-order valence-electron chi connectivity index (χ0n) is 21.8. The highest BCUT2D eigenvalue weighted by molar-refractivity contribution is 6.02. The van der Waals surface area contributed by atoms with E-state index < -0.39 is 12.1 Å². The highest BCUT2D eigenvalue weighted by Gasteiger charge is 2.51. The molecule has 0 radical (unpaired) electrons. The molecule has 5 rings (SSSR count). The van der Waals surface area contributed by atoms with Crippen LogP contribution in [-0.2, 0) is 14.4 Å². The number of H-pyrrole nitrogens is 1. The lowest BCUT2D eigenvalue weighted by Crippen LogP contribution is -2.57. The molecule has 2 aromatic rings. The average molecular weight is 508 g/mol. The number of hydrogen-bond donors (Lipinski definition) is 2. The molecule has 1 unspecified atom stereocenters. The molecule has 2 saturated carbocycles. The van der Waals surface area contributed by atoms with Crippen LogP contribution < -0.4 is 10.1 Å². The Morgan fingerprint density at radius 1 is 1.22 bits per heavy atom. The Kier molecular flexibility index (Phi) is 7.10. The summed E-state index contributed by atoms with van der Waals surface area (Å²) in [6.45, 7) is 2.28. The second-order valence-corrected chi connectivity index (χ2v) is 11.1. The van der Waals surface area contributed by atoms with Gasteiger partial charge in [0.25, 0.3) is 5.91 Å². The normalized spacial score (nSPS) is 23.6. The predicted molar refractivity (Wildman–Crippen MR) is 139 cm³/mol. The Bertz CT molecular complexity index is 1210. The van der Waals surface area contributed by atoms with Gasteiger partial charge in [-0.1, -0.05) is 19.4 Å². The summed E-state index contributed by atoms with van der Waals surface area (Å²) < 4.78 is 5.44. The van der Waals surface area contributed by atoms with Crippen LogP contribution in [0.4, 0.5) is 0 Å². The first-order chi connectivity index (χ1) is 17.8. The highest BCUT2D eigenvalue weighted by atomic mass is 16.5. The summed E-state index contributed by atoms with van der Waals surface area (Å²) in [6.07, 6.45) is 7.44. The van der Waals surface area contributed by atoms with Crippen LogP contribution in [0, 0.1) is 11.3 Å². The standard InChI is InChI=1S/C29H37N3O5/c1-3-24(33)21(15-18-7-4-5-9-25(18)34)31-27(35)23-17-29(11-12-29)13-14-32(23)28(36)22-16-19-20(30-22)8-6-10-26(19)37-2/h6,8,10,16,18,21,23,30H,3-5,7,9,11-15,17H2,1-2H3,(H,31,35)/t18?,21-,23-/m0/s1. The van der Waals surface area contributed by atoms with E-state index in [1.165, 1.54) is 0 Å². The summed E-state index contributed by atoms with van der Waals surface area (Å²) in [5.74, 6) is 0.0997. The topological polar surface area (TPSA) is 109 Å². The van der Waals surface area contributed by atoms with Gasteiger partial charge in [-0.05, 0) is 68.6 Å². The Labute approximate surface area is 217 Å². The van der Waals surface area contributed by atoms with E-state index in [0.717, 1.165) is 49.4 Å². The zero-order chi connectivity index (χ0) is 26.2. The fraction of sp³-hybridized carbons (Fsp3) is 0.586. The van der Waals surface area contributed by atoms with Gasteiger partial charge in [0.15, 0.2) is 5.78 Å². The molecule has 2 aliphatic carbocycles. The maximum atomic E-state index is 13.7. The molecule has 37 heavy (non-hydrogen) atoms. The minimum atomic E-state index is -0.698. The molecule has 2 amide bonds. The van der Waals surface area contributed by atoms with Crippen molar-refractivity contribution in [2.75, 3.05) is 13.7 Å². The van der Waals surface area contributed by atoms with Crippen molar-refractivity contribution in [3.8, 4) is 5.75 Å². The van der Waals surface area contributed by atoms with Crippen molar-refractivity contribution in [1.29, 1.82) is 0 Å². The molecule has 3 aliphatic rings. The van der Waals surface area contributed by atoms with E-state index in [2.05, 4.69) is 10.3 Å². The number of fused-ring (bicyclic) bond motifs is 1. The molecular weight excluding hydrogens is 470 g/mol. The number of methoxy groups -OCH3 is 1. The van der Waals surface area contributed by atoms with E-state index in [-0.39, 0.29) is 34.7 Å². The number of ether oxygens (including phenoxy) is 1. The molecule has 2 heterocycles. The molecular formula is C29H37N3O5. The molecule has 1 aromatic carbocycles. The molecule has 8 nitrogen and oxygen atoms in total. The van der Waals surface area contributed by atoms with Gasteiger partial charge < -0.3 is 19.9 Å². The smallest absolute Gasteiger partial charge is 0.270 e. The number of benzene rings is 1. The molecule has 3 fully saturated rings. The number of ketones is 2. The minimum absolute atomic E-state index is 0.0655. The van der Waals surface area contributed by atoms with Crippen LogP contribution in [-0.4, -0.2) is 59.0 Å². The molecule has 0 bridgehead atoms. The van der Waals surface area contributed by atoms with Gasteiger partial charge in [-0.15, -0.1) is 0 Å². The maximum absolute atomic E-state index is 13.7. The van der Waals surface area contributed by atoms with E-state index >= 15 is 0 Å².